The number of rotatable bonds is 8. The molecule has 0 aliphatic rings. The molecule has 0 radical (unpaired) electrons. The van der Waals surface area contributed by atoms with Gasteiger partial charge in [0.25, 0.3) is 0 Å². The van der Waals surface area contributed by atoms with Gasteiger partial charge in [0.05, 0.1) is 7.11 Å². The van der Waals surface area contributed by atoms with Gasteiger partial charge >= 0.3 is 0 Å². The van der Waals surface area contributed by atoms with Crippen molar-refractivity contribution in [3.63, 3.8) is 0 Å². The fraction of sp³-hybridized carbons (Fsp3) is 0.333. The van der Waals surface area contributed by atoms with Crippen molar-refractivity contribution < 1.29 is 4.74 Å². The van der Waals surface area contributed by atoms with Crippen molar-refractivity contribution in [2.75, 3.05) is 31.6 Å². The first-order valence-corrected chi connectivity index (χ1v) is 7.46. The smallest absolute Gasteiger partial charge is 0.118 e. The molecule has 0 aromatic heterocycles. The number of benzene rings is 2. The fourth-order valence-electron chi connectivity index (χ4n) is 2.35. The third kappa shape index (κ3) is 4.80. The van der Waals surface area contributed by atoms with E-state index in [2.05, 4.69) is 41.3 Å². The van der Waals surface area contributed by atoms with E-state index in [1.165, 1.54) is 11.3 Å². The fourth-order valence-corrected chi connectivity index (χ4v) is 2.35. The van der Waals surface area contributed by atoms with Crippen molar-refractivity contribution in [1.82, 2.24) is 0 Å². The Balaban J connectivity index is 1.97. The maximum atomic E-state index is 5.65. The number of nitrogens with two attached hydrogens (primary N) is 1. The van der Waals surface area contributed by atoms with Crippen LogP contribution in [0.5, 0.6) is 5.75 Å². The molecule has 0 aliphatic heterocycles. The third-order valence-corrected chi connectivity index (χ3v) is 3.58. The van der Waals surface area contributed by atoms with Gasteiger partial charge in [0.1, 0.15) is 5.75 Å². The van der Waals surface area contributed by atoms with Gasteiger partial charge in [0.15, 0.2) is 0 Å². The van der Waals surface area contributed by atoms with E-state index in [9.17, 15) is 0 Å². The van der Waals surface area contributed by atoms with Crippen LogP contribution in [-0.4, -0.2) is 26.7 Å². The van der Waals surface area contributed by atoms with Gasteiger partial charge in [-0.1, -0.05) is 30.3 Å². The monoisotopic (exact) mass is 284 g/mol. The molecule has 0 aliphatic carbocycles. The van der Waals surface area contributed by atoms with Crippen LogP contribution in [0.3, 0.4) is 0 Å². The van der Waals surface area contributed by atoms with Gasteiger partial charge in [-0.05, 0) is 49.2 Å². The van der Waals surface area contributed by atoms with Crippen LogP contribution in [0.25, 0.3) is 0 Å². The van der Waals surface area contributed by atoms with E-state index in [0.29, 0.717) is 0 Å². The Kier molecular flexibility index (Phi) is 6.10. The van der Waals surface area contributed by atoms with Gasteiger partial charge in [-0.3, -0.25) is 0 Å². The summed E-state index contributed by atoms with van der Waals surface area (Å²) in [6.45, 7) is 2.72. The first kappa shape index (κ1) is 15.4. The van der Waals surface area contributed by atoms with Crippen molar-refractivity contribution >= 4 is 5.69 Å². The number of hydrogen-bond acceptors (Lipinski definition) is 3. The highest BCUT2D eigenvalue weighted by molar-refractivity contribution is 5.46. The molecule has 0 amide bonds. The molecular formula is C18H24N2O. The van der Waals surface area contributed by atoms with Crippen LogP contribution in [0.2, 0.25) is 0 Å². The van der Waals surface area contributed by atoms with Gasteiger partial charge in [-0.25, -0.2) is 0 Å². The van der Waals surface area contributed by atoms with E-state index in [4.69, 9.17) is 10.5 Å². The summed E-state index contributed by atoms with van der Waals surface area (Å²) in [5.74, 6) is 0.904. The molecule has 0 spiro atoms. The third-order valence-electron chi connectivity index (χ3n) is 3.58. The van der Waals surface area contributed by atoms with Crippen molar-refractivity contribution in [1.29, 1.82) is 0 Å². The summed E-state index contributed by atoms with van der Waals surface area (Å²) in [7, 11) is 1.69. The van der Waals surface area contributed by atoms with Crippen molar-refractivity contribution in [2.24, 2.45) is 5.73 Å². The Bertz CT molecular complexity index is 511. The van der Waals surface area contributed by atoms with Crippen LogP contribution in [-0.2, 0) is 6.42 Å². The van der Waals surface area contributed by atoms with Gasteiger partial charge in [-0.2, -0.15) is 0 Å². The maximum Gasteiger partial charge on any atom is 0.118 e. The molecule has 0 saturated heterocycles. The van der Waals surface area contributed by atoms with E-state index in [1.54, 1.807) is 7.11 Å². The quantitative estimate of drug-likeness (QED) is 0.809. The number of hydrogen-bond donors (Lipinski definition) is 1. The molecular weight excluding hydrogens is 260 g/mol. The lowest BCUT2D eigenvalue weighted by atomic mass is 10.1. The van der Waals surface area contributed by atoms with E-state index in [1.807, 2.05) is 18.2 Å². The summed E-state index contributed by atoms with van der Waals surface area (Å²) >= 11 is 0. The second-order valence-electron chi connectivity index (χ2n) is 5.06. The lowest BCUT2D eigenvalue weighted by Crippen LogP contribution is -2.28. The van der Waals surface area contributed by atoms with Crippen LogP contribution >= 0.6 is 0 Å². The normalized spacial score (nSPS) is 10.4. The zero-order chi connectivity index (χ0) is 14.9. The predicted molar refractivity (Wildman–Crippen MR) is 89.0 cm³/mol. The van der Waals surface area contributed by atoms with E-state index < -0.39 is 0 Å². The lowest BCUT2D eigenvalue weighted by Gasteiger charge is -2.24. The number of nitrogens with zero attached hydrogens (tertiary/aromatic N) is 1. The second kappa shape index (κ2) is 8.32. The first-order valence-electron chi connectivity index (χ1n) is 7.46. The molecule has 0 atom stereocenters. The Morgan fingerprint density at radius 2 is 1.67 bits per heavy atom. The largest absolute Gasteiger partial charge is 0.497 e. The first-order chi connectivity index (χ1) is 10.3. The SMILES string of the molecule is COc1ccc(CCN(CCCN)c2ccccc2)cc1. The number of para-hydroxylation sites is 1. The van der Waals surface area contributed by atoms with Crippen LogP contribution in [0.1, 0.15) is 12.0 Å². The van der Waals surface area contributed by atoms with Crippen molar-refractivity contribution in [3.8, 4) is 5.75 Å². The van der Waals surface area contributed by atoms with Gasteiger partial charge < -0.3 is 15.4 Å². The molecule has 2 N–H and O–H groups in total. The second-order valence-corrected chi connectivity index (χ2v) is 5.06. The minimum atomic E-state index is 0.728. The molecule has 3 nitrogen and oxygen atoms in total. The Morgan fingerprint density at radius 1 is 0.952 bits per heavy atom. The highest BCUT2D eigenvalue weighted by atomic mass is 16.5. The number of methoxy groups -OCH3 is 1. The Morgan fingerprint density at radius 3 is 2.29 bits per heavy atom. The summed E-state index contributed by atoms with van der Waals surface area (Å²) in [6.07, 6.45) is 2.03. The molecule has 3 heteroatoms. The van der Waals surface area contributed by atoms with Crippen LogP contribution in [0, 0.1) is 0 Å². The summed E-state index contributed by atoms with van der Waals surface area (Å²) in [4.78, 5) is 2.40. The van der Waals surface area contributed by atoms with Crippen molar-refractivity contribution in [3.05, 3.63) is 60.2 Å². The summed E-state index contributed by atoms with van der Waals surface area (Å²) in [5.41, 5.74) is 8.24. The van der Waals surface area contributed by atoms with Gasteiger partial charge in [0, 0.05) is 18.8 Å². The zero-order valence-electron chi connectivity index (χ0n) is 12.7. The topological polar surface area (TPSA) is 38.5 Å². The number of ether oxygens (including phenoxy) is 1. The molecule has 0 fully saturated rings. The molecule has 21 heavy (non-hydrogen) atoms. The zero-order valence-corrected chi connectivity index (χ0v) is 12.7. The van der Waals surface area contributed by atoms with Gasteiger partial charge in [-0.15, -0.1) is 0 Å². The highest BCUT2D eigenvalue weighted by Crippen LogP contribution is 2.16. The molecule has 2 rings (SSSR count). The minimum absolute atomic E-state index is 0.728. The lowest BCUT2D eigenvalue weighted by molar-refractivity contribution is 0.414. The molecule has 2 aromatic carbocycles. The van der Waals surface area contributed by atoms with E-state index in [0.717, 1.165) is 38.2 Å². The standard InChI is InChI=1S/C18H24N2O/c1-21-18-10-8-16(9-11-18)12-15-20(14-5-13-19)17-6-3-2-4-7-17/h2-4,6-11H,5,12-15,19H2,1H3. The summed E-state index contributed by atoms with van der Waals surface area (Å²) < 4.78 is 5.19. The molecule has 112 valence electrons. The molecule has 0 saturated carbocycles. The van der Waals surface area contributed by atoms with Crippen LogP contribution in [0.4, 0.5) is 5.69 Å². The molecule has 2 aromatic rings. The predicted octanol–water partition coefficient (Wildman–Crippen LogP) is 3.09. The van der Waals surface area contributed by atoms with Gasteiger partial charge in [0.2, 0.25) is 0 Å². The maximum absolute atomic E-state index is 5.65. The minimum Gasteiger partial charge on any atom is -0.497 e. The highest BCUT2D eigenvalue weighted by Gasteiger charge is 2.06. The molecule has 0 bridgehead atoms. The van der Waals surface area contributed by atoms with E-state index >= 15 is 0 Å². The van der Waals surface area contributed by atoms with Crippen LogP contribution < -0.4 is 15.4 Å². The average Bonchev–Trinajstić information content (AvgIpc) is 2.56. The number of anilines is 1. The van der Waals surface area contributed by atoms with Crippen molar-refractivity contribution in [2.45, 2.75) is 12.8 Å². The Labute approximate surface area is 127 Å². The van der Waals surface area contributed by atoms with E-state index in [-0.39, 0.29) is 0 Å². The molecule has 0 heterocycles. The average molecular weight is 284 g/mol. The Hall–Kier alpha value is -2.00. The summed E-state index contributed by atoms with van der Waals surface area (Å²) in [5, 5.41) is 0. The molecule has 0 unspecified atom stereocenters. The van der Waals surface area contributed by atoms with Crippen LogP contribution in [0.15, 0.2) is 54.6 Å². The summed E-state index contributed by atoms with van der Waals surface area (Å²) in [6, 6.07) is 18.8.